The minimum absolute atomic E-state index is 0.0695. The second-order valence-electron chi connectivity index (χ2n) is 6.30. The Balaban J connectivity index is 1.91. The average molecular weight is 224 g/mol. The molecule has 0 heterocycles. The Kier molecular flexibility index (Phi) is 3.91. The Labute approximate surface area is 100 Å². The van der Waals surface area contributed by atoms with Crippen molar-refractivity contribution >= 4 is 0 Å². The van der Waals surface area contributed by atoms with Crippen molar-refractivity contribution in [2.75, 3.05) is 0 Å². The maximum absolute atomic E-state index is 6.57. The summed E-state index contributed by atoms with van der Waals surface area (Å²) < 4.78 is 0. The van der Waals surface area contributed by atoms with Crippen molar-refractivity contribution in [2.24, 2.45) is 17.6 Å². The molecule has 0 saturated heterocycles. The molecule has 0 spiro atoms. The molecule has 0 aliphatic heterocycles. The topological polar surface area (TPSA) is 38.0 Å². The van der Waals surface area contributed by atoms with Crippen molar-refractivity contribution in [3.63, 3.8) is 0 Å². The molecule has 2 fully saturated rings. The smallest absolute Gasteiger partial charge is 0.0690 e. The molecule has 0 radical (unpaired) electrons. The van der Waals surface area contributed by atoms with Gasteiger partial charge in [0.2, 0.25) is 0 Å². The lowest BCUT2D eigenvalue weighted by Gasteiger charge is -2.44. The average Bonchev–Trinajstić information content (AvgIpc) is 2.23. The molecule has 16 heavy (non-hydrogen) atoms. The zero-order valence-electron chi connectivity index (χ0n) is 11.0. The lowest BCUT2D eigenvalue weighted by Crippen LogP contribution is -2.62. The normalized spacial score (nSPS) is 45.6. The molecular weight excluding hydrogens is 196 g/mol. The van der Waals surface area contributed by atoms with Gasteiger partial charge in [0, 0.05) is 6.04 Å². The second kappa shape index (κ2) is 5.05. The monoisotopic (exact) mass is 224 g/mol. The highest BCUT2D eigenvalue weighted by molar-refractivity contribution is 4.93. The SMILES string of the molecule is CC1CCCC(NC2(N)CCCCC2C)C1. The lowest BCUT2D eigenvalue weighted by molar-refractivity contribution is 0.124. The largest absolute Gasteiger partial charge is 0.313 e. The van der Waals surface area contributed by atoms with Gasteiger partial charge in [-0.05, 0) is 37.5 Å². The van der Waals surface area contributed by atoms with Gasteiger partial charge in [-0.25, -0.2) is 0 Å². The lowest BCUT2D eigenvalue weighted by atomic mass is 9.78. The van der Waals surface area contributed by atoms with Crippen LogP contribution >= 0.6 is 0 Å². The molecule has 2 heteroatoms. The first kappa shape index (κ1) is 12.4. The fourth-order valence-electron chi connectivity index (χ4n) is 3.53. The highest BCUT2D eigenvalue weighted by atomic mass is 15.1. The van der Waals surface area contributed by atoms with E-state index in [4.69, 9.17) is 5.73 Å². The molecule has 0 aromatic rings. The van der Waals surface area contributed by atoms with E-state index in [1.54, 1.807) is 0 Å². The number of nitrogens with one attached hydrogen (secondary N) is 1. The maximum Gasteiger partial charge on any atom is 0.0690 e. The van der Waals surface area contributed by atoms with Crippen molar-refractivity contribution in [2.45, 2.75) is 76.9 Å². The third-order valence-corrected chi connectivity index (χ3v) is 4.77. The summed E-state index contributed by atoms with van der Waals surface area (Å²) in [5.74, 6) is 1.52. The first-order valence-electron chi connectivity index (χ1n) is 7.17. The number of rotatable bonds is 2. The van der Waals surface area contributed by atoms with Crippen LogP contribution in [0.3, 0.4) is 0 Å². The van der Waals surface area contributed by atoms with Crippen LogP contribution in [0.4, 0.5) is 0 Å². The quantitative estimate of drug-likeness (QED) is 0.708. The molecule has 2 aliphatic rings. The summed E-state index contributed by atoms with van der Waals surface area (Å²) in [6.07, 6.45) is 10.6. The minimum Gasteiger partial charge on any atom is -0.313 e. The van der Waals surface area contributed by atoms with Crippen LogP contribution < -0.4 is 11.1 Å². The molecule has 4 atom stereocenters. The first-order chi connectivity index (χ1) is 7.60. The molecule has 0 aromatic carbocycles. The van der Waals surface area contributed by atoms with Crippen molar-refractivity contribution in [1.82, 2.24) is 5.32 Å². The molecule has 0 amide bonds. The number of hydrogen-bond acceptors (Lipinski definition) is 2. The van der Waals surface area contributed by atoms with Gasteiger partial charge in [-0.1, -0.05) is 39.5 Å². The molecule has 4 unspecified atom stereocenters. The summed E-state index contributed by atoms with van der Waals surface area (Å²) in [5.41, 5.74) is 6.50. The minimum atomic E-state index is -0.0695. The zero-order chi connectivity index (χ0) is 11.6. The highest BCUT2D eigenvalue weighted by Crippen LogP contribution is 2.32. The van der Waals surface area contributed by atoms with Crippen molar-refractivity contribution < 1.29 is 0 Å². The van der Waals surface area contributed by atoms with Crippen LogP contribution in [0, 0.1) is 11.8 Å². The Morgan fingerprint density at radius 3 is 2.56 bits per heavy atom. The number of nitrogens with two attached hydrogens (primary N) is 1. The van der Waals surface area contributed by atoms with Crippen LogP contribution in [-0.2, 0) is 0 Å². The van der Waals surface area contributed by atoms with E-state index in [1.165, 1.54) is 51.4 Å². The van der Waals surface area contributed by atoms with E-state index in [-0.39, 0.29) is 5.66 Å². The van der Waals surface area contributed by atoms with Crippen molar-refractivity contribution in [3.8, 4) is 0 Å². The third-order valence-electron chi connectivity index (χ3n) is 4.77. The first-order valence-corrected chi connectivity index (χ1v) is 7.17. The van der Waals surface area contributed by atoms with Crippen molar-refractivity contribution in [1.29, 1.82) is 0 Å². The van der Waals surface area contributed by atoms with Gasteiger partial charge in [0.25, 0.3) is 0 Å². The van der Waals surface area contributed by atoms with Gasteiger partial charge >= 0.3 is 0 Å². The van der Waals surface area contributed by atoms with Gasteiger partial charge in [0.15, 0.2) is 0 Å². The van der Waals surface area contributed by atoms with Gasteiger partial charge in [-0.2, -0.15) is 0 Å². The molecule has 94 valence electrons. The standard InChI is InChI=1S/C14H28N2/c1-11-6-5-8-13(10-11)16-14(15)9-4-3-7-12(14)2/h11-13,16H,3-10,15H2,1-2H3. The van der Waals surface area contributed by atoms with E-state index in [1.807, 2.05) is 0 Å². The van der Waals surface area contributed by atoms with Crippen LogP contribution in [0.2, 0.25) is 0 Å². The predicted molar refractivity (Wildman–Crippen MR) is 69.1 cm³/mol. The molecule has 3 N–H and O–H groups in total. The van der Waals surface area contributed by atoms with E-state index < -0.39 is 0 Å². The maximum atomic E-state index is 6.57. The van der Waals surface area contributed by atoms with Crippen LogP contribution in [0.1, 0.15) is 65.2 Å². The van der Waals surface area contributed by atoms with Crippen LogP contribution in [0.25, 0.3) is 0 Å². The van der Waals surface area contributed by atoms with Gasteiger partial charge in [0.05, 0.1) is 5.66 Å². The summed E-state index contributed by atoms with van der Waals surface area (Å²) >= 11 is 0. The summed E-state index contributed by atoms with van der Waals surface area (Å²) in [5, 5.41) is 3.79. The molecule has 0 aromatic heterocycles. The van der Waals surface area contributed by atoms with E-state index in [0.29, 0.717) is 12.0 Å². The Morgan fingerprint density at radius 1 is 1.06 bits per heavy atom. The summed E-state index contributed by atoms with van der Waals surface area (Å²) in [4.78, 5) is 0. The molecule has 2 aliphatic carbocycles. The van der Waals surface area contributed by atoms with Gasteiger partial charge < -0.3 is 5.73 Å². The van der Waals surface area contributed by atoms with Gasteiger partial charge in [-0.15, -0.1) is 0 Å². The Hall–Kier alpha value is -0.0800. The van der Waals surface area contributed by atoms with Crippen LogP contribution in [-0.4, -0.2) is 11.7 Å². The fraction of sp³-hybridized carbons (Fsp3) is 1.00. The van der Waals surface area contributed by atoms with E-state index >= 15 is 0 Å². The predicted octanol–water partition coefficient (Wildman–Crippen LogP) is 3.02. The molecule has 2 nitrogen and oxygen atoms in total. The Morgan fingerprint density at radius 2 is 1.88 bits per heavy atom. The van der Waals surface area contributed by atoms with Gasteiger partial charge in [0.1, 0.15) is 0 Å². The molecule has 2 saturated carbocycles. The summed E-state index contributed by atoms with van der Waals surface area (Å²) in [7, 11) is 0. The van der Waals surface area contributed by atoms with E-state index in [9.17, 15) is 0 Å². The molecule has 0 bridgehead atoms. The van der Waals surface area contributed by atoms with Crippen LogP contribution in [0.5, 0.6) is 0 Å². The van der Waals surface area contributed by atoms with E-state index in [2.05, 4.69) is 19.2 Å². The summed E-state index contributed by atoms with van der Waals surface area (Å²) in [6.45, 7) is 4.69. The zero-order valence-corrected chi connectivity index (χ0v) is 11.0. The molecule has 2 rings (SSSR count). The second-order valence-corrected chi connectivity index (χ2v) is 6.30. The summed E-state index contributed by atoms with van der Waals surface area (Å²) in [6, 6.07) is 0.675. The van der Waals surface area contributed by atoms with E-state index in [0.717, 1.165) is 5.92 Å². The van der Waals surface area contributed by atoms with Gasteiger partial charge in [-0.3, -0.25) is 5.32 Å². The number of hydrogen-bond donors (Lipinski definition) is 2. The highest BCUT2D eigenvalue weighted by Gasteiger charge is 2.36. The van der Waals surface area contributed by atoms with Crippen molar-refractivity contribution in [3.05, 3.63) is 0 Å². The van der Waals surface area contributed by atoms with Crippen LogP contribution in [0.15, 0.2) is 0 Å². The third kappa shape index (κ3) is 2.78. The Bertz CT molecular complexity index is 229. The fourth-order valence-corrected chi connectivity index (χ4v) is 3.53. The molecular formula is C14H28N2.